The van der Waals surface area contributed by atoms with Crippen LogP contribution in [0.2, 0.25) is 0 Å². The Morgan fingerprint density at radius 1 is 0.918 bits per heavy atom. The third-order valence-electron chi connectivity index (χ3n) is 11.6. The molecule has 6 bridgehead atoms. The van der Waals surface area contributed by atoms with Crippen molar-refractivity contribution in [3.05, 3.63) is 119 Å². The van der Waals surface area contributed by atoms with Crippen molar-refractivity contribution in [2.24, 2.45) is 11.1 Å². The molecule has 0 amide bonds. The van der Waals surface area contributed by atoms with Gasteiger partial charge in [-0.3, -0.25) is 4.79 Å². The van der Waals surface area contributed by atoms with Gasteiger partial charge < -0.3 is 28.4 Å². The van der Waals surface area contributed by atoms with Crippen LogP contribution < -0.4 is 9.47 Å². The van der Waals surface area contributed by atoms with Gasteiger partial charge in [-0.05, 0) is 97.4 Å². The summed E-state index contributed by atoms with van der Waals surface area (Å²) in [6.07, 6.45) is -0.0230. The molecule has 1 saturated heterocycles. The van der Waals surface area contributed by atoms with Crippen LogP contribution in [0.1, 0.15) is 86.0 Å². The first-order valence-electron chi connectivity index (χ1n) is 20.6. The fraction of sp³-hybridized carbons (Fsp3) is 0.354. The number of ether oxygens (including phenoxy) is 4. The second-order valence-electron chi connectivity index (χ2n) is 15.9. The number of hydrogen-bond donors (Lipinski definition) is 0. The molecule has 318 valence electrons. The van der Waals surface area contributed by atoms with Gasteiger partial charge in [0.1, 0.15) is 29.9 Å². The number of halogens is 4. The molecule has 4 heterocycles. The summed E-state index contributed by atoms with van der Waals surface area (Å²) in [6, 6.07) is 26.6. The van der Waals surface area contributed by atoms with E-state index < -0.39 is 30.7 Å². The number of alkyl halides is 4. The zero-order valence-corrected chi connectivity index (χ0v) is 34.3. The Hall–Kier alpha value is -5.79. The quantitative estimate of drug-likeness (QED) is 0.0494. The van der Waals surface area contributed by atoms with Gasteiger partial charge in [0.05, 0.1) is 12.1 Å². The predicted molar refractivity (Wildman–Crippen MR) is 224 cm³/mol. The van der Waals surface area contributed by atoms with Crippen LogP contribution in [0.3, 0.4) is 0 Å². The molecule has 3 unspecified atom stereocenters. The number of hydrogen-bond acceptors (Lipinski definition) is 8. The molecule has 3 aliphatic heterocycles. The summed E-state index contributed by atoms with van der Waals surface area (Å²) in [5.41, 5.74) is 4.84. The van der Waals surface area contributed by atoms with E-state index in [-0.39, 0.29) is 23.3 Å². The lowest BCUT2D eigenvalue weighted by Gasteiger charge is -2.25. The Kier molecular flexibility index (Phi) is 11.6. The van der Waals surface area contributed by atoms with Gasteiger partial charge in [-0.25, -0.2) is 13.6 Å². The van der Waals surface area contributed by atoms with Crippen LogP contribution >= 0.6 is 0 Å². The summed E-state index contributed by atoms with van der Waals surface area (Å²) in [4.78, 5) is 31.9. The normalized spacial score (nSPS) is 18.6. The van der Waals surface area contributed by atoms with Crippen molar-refractivity contribution >= 4 is 50.0 Å². The first kappa shape index (κ1) is 41.9. The second kappa shape index (κ2) is 16.9. The van der Waals surface area contributed by atoms with Gasteiger partial charge in [-0.15, -0.1) is 0 Å². The maximum Gasteiger partial charge on any atom is 0.340 e. The Labute approximate surface area is 350 Å². The van der Waals surface area contributed by atoms with Crippen molar-refractivity contribution < 1.29 is 50.9 Å². The van der Waals surface area contributed by atoms with Crippen LogP contribution in [0.4, 0.5) is 17.6 Å². The Balaban J connectivity index is 1.34. The molecule has 0 radical (unpaired) electrons. The highest BCUT2D eigenvalue weighted by Crippen LogP contribution is 2.42. The molecule has 61 heavy (non-hydrogen) atoms. The van der Waals surface area contributed by atoms with E-state index >= 15 is 0 Å². The first-order chi connectivity index (χ1) is 29.3. The number of oxime groups is 1. The van der Waals surface area contributed by atoms with E-state index in [1.807, 2.05) is 49.4 Å². The van der Waals surface area contributed by atoms with Crippen molar-refractivity contribution in [3.63, 3.8) is 0 Å². The number of carbonyl (C=O) groups is 2. The number of nitrogens with zero attached hydrogens (tertiary/aromatic N) is 2. The summed E-state index contributed by atoms with van der Waals surface area (Å²) in [6.45, 7) is 7.32. The van der Waals surface area contributed by atoms with Gasteiger partial charge in [0, 0.05) is 63.0 Å². The zero-order valence-electron chi connectivity index (χ0n) is 34.3. The minimum atomic E-state index is -4.33. The van der Waals surface area contributed by atoms with Crippen molar-refractivity contribution in [1.29, 1.82) is 0 Å². The Morgan fingerprint density at radius 2 is 1.67 bits per heavy atom. The largest absolute Gasteiger partial charge is 0.491 e. The highest BCUT2D eigenvalue weighted by atomic mass is 19.3. The van der Waals surface area contributed by atoms with E-state index in [0.29, 0.717) is 53.7 Å². The molecule has 0 saturated carbocycles. The molecule has 9 nitrogen and oxygen atoms in total. The topological polar surface area (TPSA) is 97.6 Å². The number of fused-ring (bicyclic) bond motifs is 7. The third kappa shape index (κ3) is 8.33. The van der Waals surface area contributed by atoms with Crippen LogP contribution in [0.25, 0.3) is 32.6 Å². The van der Waals surface area contributed by atoms with E-state index in [1.54, 1.807) is 24.3 Å². The molecule has 0 spiro atoms. The van der Waals surface area contributed by atoms with Gasteiger partial charge in [0.25, 0.3) is 0 Å². The minimum absolute atomic E-state index is 0.0607. The molecule has 6 aromatic rings. The van der Waals surface area contributed by atoms with Crippen LogP contribution in [0, 0.1) is 5.92 Å². The number of rotatable bonds is 13. The molecule has 1 fully saturated rings. The van der Waals surface area contributed by atoms with Crippen LogP contribution in [0.5, 0.6) is 11.5 Å². The summed E-state index contributed by atoms with van der Waals surface area (Å²) >= 11 is 0. The number of aromatic nitrogens is 1. The summed E-state index contributed by atoms with van der Waals surface area (Å²) in [5.74, 6) is -5.34. The highest BCUT2D eigenvalue weighted by molar-refractivity contribution is 6.26. The van der Waals surface area contributed by atoms with Gasteiger partial charge >= 0.3 is 18.3 Å². The van der Waals surface area contributed by atoms with E-state index in [1.165, 1.54) is 31.2 Å². The maximum atomic E-state index is 14.7. The molecular formula is C48H46F4N2O7. The average molecular weight is 839 g/mol. The number of unbranched alkanes of at least 4 members (excludes halogenated alkanes) is 1. The van der Waals surface area contributed by atoms with E-state index in [2.05, 4.69) is 23.6 Å². The van der Waals surface area contributed by atoms with E-state index in [9.17, 15) is 27.2 Å². The summed E-state index contributed by atoms with van der Waals surface area (Å²) in [5, 5.41) is 7.47. The number of benzene rings is 5. The predicted octanol–water partition coefficient (Wildman–Crippen LogP) is 11.0. The maximum absolute atomic E-state index is 14.7. The van der Waals surface area contributed by atoms with Gasteiger partial charge in [0.15, 0.2) is 18.2 Å². The van der Waals surface area contributed by atoms with Crippen molar-refractivity contribution in [3.8, 4) is 11.5 Å². The van der Waals surface area contributed by atoms with Crippen LogP contribution in [-0.4, -0.2) is 60.3 Å². The number of ketones is 1. The molecule has 9 rings (SSSR count). The van der Waals surface area contributed by atoms with Crippen molar-refractivity contribution in [1.82, 2.24) is 4.57 Å². The van der Waals surface area contributed by atoms with E-state index in [4.69, 9.17) is 23.8 Å². The first-order valence-corrected chi connectivity index (χ1v) is 20.6. The molecule has 13 heteroatoms. The lowest BCUT2D eigenvalue weighted by molar-refractivity contribution is -0.164. The average Bonchev–Trinajstić information content (AvgIpc) is 3.80. The second-order valence-corrected chi connectivity index (χ2v) is 15.9. The molecular weight excluding hydrogens is 793 g/mol. The smallest absolute Gasteiger partial charge is 0.340 e. The fourth-order valence-electron chi connectivity index (χ4n) is 8.25. The molecule has 0 aliphatic carbocycles. The Morgan fingerprint density at radius 3 is 2.38 bits per heavy atom. The van der Waals surface area contributed by atoms with Gasteiger partial charge in [-0.1, -0.05) is 56.5 Å². The SMILES string of the molecule is CCCCC(CC)Cn1c2ccc(/C(=N/OC(C)=O)c3ccc(OCC(F)(F)C(F)F)cc3)cc2c2cc3c4cc(ccc4c21)C1(C)OCC(COc2ccc(cc2)C3=O)O1. The van der Waals surface area contributed by atoms with Crippen molar-refractivity contribution in [2.45, 2.75) is 84.2 Å². The standard InChI is InChI=1S/C48H46F4N2O7/c1-5-7-8-29(6-2)24-54-42-20-13-32(43(53-61-28(3)55)30-9-15-35(16-10-30)58-27-48(51,52)46(49)50)21-39(42)40-23-41-38-22-33(14-19-37(38)44(40)54)47(4)59-26-36(60-47)25-57-34-17-11-31(12-18-34)45(41)56/h9-23,29,36,46H,5-8,24-27H2,1-4H3/b53-43+. The molecule has 5 aromatic carbocycles. The minimum Gasteiger partial charge on any atom is -0.491 e. The number of carbonyl (C=O) groups excluding carboxylic acids is 2. The molecule has 1 aromatic heterocycles. The molecule has 3 atom stereocenters. The Bertz CT molecular complexity index is 2640. The highest BCUT2D eigenvalue weighted by Gasteiger charge is 2.42. The third-order valence-corrected chi connectivity index (χ3v) is 11.6. The lowest BCUT2D eigenvalue weighted by atomic mass is 9.91. The lowest BCUT2D eigenvalue weighted by Crippen LogP contribution is -2.33. The van der Waals surface area contributed by atoms with Gasteiger partial charge in [0.2, 0.25) is 0 Å². The monoisotopic (exact) mass is 838 g/mol. The van der Waals surface area contributed by atoms with E-state index in [0.717, 1.165) is 63.8 Å². The molecule has 3 aliphatic rings. The summed E-state index contributed by atoms with van der Waals surface area (Å²) in [7, 11) is 0. The van der Waals surface area contributed by atoms with Crippen molar-refractivity contribution in [2.75, 3.05) is 19.8 Å². The fourth-order valence-corrected chi connectivity index (χ4v) is 8.25. The van der Waals surface area contributed by atoms with Gasteiger partial charge in [-0.2, -0.15) is 8.78 Å². The van der Waals surface area contributed by atoms with Crippen LogP contribution in [0.15, 0.2) is 96.2 Å². The zero-order chi connectivity index (χ0) is 43.1. The van der Waals surface area contributed by atoms with Crippen LogP contribution in [-0.2, 0) is 31.4 Å². The molecule has 0 N–H and O–H groups in total. The summed E-state index contributed by atoms with van der Waals surface area (Å²) < 4.78 is 78.8.